The van der Waals surface area contributed by atoms with E-state index in [1.54, 1.807) is 0 Å². The molecule has 1 aliphatic rings. The zero-order valence-electron chi connectivity index (χ0n) is 14.5. The van der Waals surface area contributed by atoms with E-state index in [1.807, 2.05) is 42.9 Å². The third-order valence-corrected chi connectivity index (χ3v) is 5.00. The highest BCUT2D eigenvalue weighted by molar-refractivity contribution is 9.10. The van der Waals surface area contributed by atoms with E-state index in [4.69, 9.17) is 0 Å². The Kier molecular flexibility index (Phi) is 7.04. The van der Waals surface area contributed by atoms with Gasteiger partial charge in [-0.15, -0.1) is 12.4 Å². The number of benzene rings is 1. The maximum Gasteiger partial charge on any atom is 0.272 e. The van der Waals surface area contributed by atoms with E-state index in [-0.39, 0.29) is 24.4 Å². The molecule has 1 aromatic carbocycles. The molecule has 0 saturated heterocycles. The minimum Gasteiger partial charge on any atom is -0.349 e. The lowest BCUT2D eigenvalue weighted by atomic mass is 9.95. The van der Waals surface area contributed by atoms with Gasteiger partial charge in [0.1, 0.15) is 0 Å². The summed E-state index contributed by atoms with van der Waals surface area (Å²) in [5.41, 5.74) is 3.85. The second-order valence-electron chi connectivity index (χ2n) is 6.27. The number of hydrogen-bond acceptors (Lipinski definition) is 3. The smallest absolute Gasteiger partial charge is 0.272 e. The van der Waals surface area contributed by atoms with Gasteiger partial charge in [-0.1, -0.05) is 22.0 Å². The highest BCUT2D eigenvalue weighted by Gasteiger charge is 2.25. The molecule has 1 atom stereocenters. The average Bonchev–Trinajstić information content (AvgIpc) is 2.99. The van der Waals surface area contributed by atoms with Gasteiger partial charge in [0.15, 0.2) is 5.69 Å². The van der Waals surface area contributed by atoms with E-state index in [2.05, 4.69) is 31.7 Å². The van der Waals surface area contributed by atoms with Crippen LogP contribution in [0.2, 0.25) is 0 Å². The lowest BCUT2D eigenvalue weighted by Crippen LogP contribution is -2.37. The fourth-order valence-electron chi connectivity index (χ4n) is 3.03. The van der Waals surface area contributed by atoms with Crippen molar-refractivity contribution in [3.63, 3.8) is 0 Å². The number of likely N-dealkylation sites (N-methyl/N-ethyl adjacent to an activating group) is 1. The molecule has 0 bridgehead atoms. The highest BCUT2D eigenvalue weighted by Crippen LogP contribution is 2.27. The van der Waals surface area contributed by atoms with Crippen molar-refractivity contribution in [1.29, 1.82) is 0 Å². The van der Waals surface area contributed by atoms with Crippen LogP contribution >= 0.6 is 28.3 Å². The first kappa shape index (κ1) is 19.9. The summed E-state index contributed by atoms with van der Waals surface area (Å²) in [6.45, 7) is 2.63. The van der Waals surface area contributed by atoms with Crippen LogP contribution in [0.1, 0.15) is 41.5 Å². The predicted molar refractivity (Wildman–Crippen MR) is 106 cm³/mol. The Morgan fingerprint density at radius 2 is 2.12 bits per heavy atom. The number of rotatable bonds is 5. The molecule has 1 unspecified atom stereocenters. The van der Waals surface area contributed by atoms with Gasteiger partial charge in [0.25, 0.3) is 5.91 Å². The van der Waals surface area contributed by atoms with Crippen LogP contribution in [-0.2, 0) is 12.8 Å². The minimum absolute atomic E-state index is 0. The number of halogens is 2. The fraction of sp³-hybridized carbons (Fsp3) is 0.444. The molecule has 1 amide bonds. The molecule has 0 radical (unpaired) electrons. The number of fused-ring (bicyclic) bond motifs is 1. The van der Waals surface area contributed by atoms with Crippen molar-refractivity contribution >= 4 is 34.2 Å². The van der Waals surface area contributed by atoms with Gasteiger partial charge in [0.2, 0.25) is 0 Å². The highest BCUT2D eigenvalue weighted by atomic mass is 79.9. The van der Waals surface area contributed by atoms with Gasteiger partial charge in [-0.2, -0.15) is 5.10 Å². The van der Waals surface area contributed by atoms with Crippen LogP contribution in [0.25, 0.3) is 5.69 Å². The zero-order chi connectivity index (χ0) is 17.1. The number of carbonyl (C=O) groups is 1. The number of carbonyl (C=O) groups excluding carboxylic acids is 1. The van der Waals surface area contributed by atoms with Crippen molar-refractivity contribution in [2.24, 2.45) is 0 Å². The van der Waals surface area contributed by atoms with Crippen LogP contribution in [-0.4, -0.2) is 35.3 Å². The number of nitrogens with zero attached hydrogens (tertiary/aromatic N) is 2. The van der Waals surface area contributed by atoms with Crippen molar-refractivity contribution in [3.05, 3.63) is 45.7 Å². The third kappa shape index (κ3) is 4.43. The first-order chi connectivity index (χ1) is 11.6. The lowest BCUT2D eigenvalue weighted by Gasteiger charge is -2.14. The third-order valence-electron chi connectivity index (χ3n) is 4.51. The maximum atomic E-state index is 12.6. The van der Waals surface area contributed by atoms with Gasteiger partial charge in [-0.05, 0) is 57.9 Å². The molecule has 136 valence electrons. The molecule has 0 fully saturated rings. The molecular formula is C18H24BrClN4O. The van der Waals surface area contributed by atoms with Crippen molar-refractivity contribution in [3.8, 4) is 5.69 Å². The Morgan fingerprint density at radius 3 is 2.84 bits per heavy atom. The number of aromatic nitrogens is 2. The topological polar surface area (TPSA) is 58.9 Å². The second-order valence-corrected chi connectivity index (χ2v) is 7.19. The first-order valence-electron chi connectivity index (χ1n) is 8.42. The molecule has 3 rings (SSSR count). The van der Waals surface area contributed by atoms with E-state index < -0.39 is 0 Å². The summed E-state index contributed by atoms with van der Waals surface area (Å²) in [5, 5.41) is 10.8. The molecule has 5 nitrogen and oxygen atoms in total. The van der Waals surface area contributed by atoms with Crippen molar-refractivity contribution in [2.45, 2.75) is 38.6 Å². The fourth-order valence-corrected chi connectivity index (χ4v) is 3.42. The summed E-state index contributed by atoms with van der Waals surface area (Å²) in [6, 6.07) is 8.28. The van der Waals surface area contributed by atoms with Crippen molar-refractivity contribution in [1.82, 2.24) is 20.4 Å². The predicted octanol–water partition coefficient (Wildman–Crippen LogP) is 3.27. The summed E-state index contributed by atoms with van der Waals surface area (Å²) in [7, 11) is 1.89. The Bertz CT molecular complexity index is 747. The van der Waals surface area contributed by atoms with Crippen LogP contribution < -0.4 is 10.6 Å². The Labute approximate surface area is 163 Å². The van der Waals surface area contributed by atoms with E-state index in [9.17, 15) is 4.79 Å². The van der Waals surface area contributed by atoms with Crippen LogP contribution in [0.5, 0.6) is 0 Å². The van der Waals surface area contributed by atoms with Gasteiger partial charge in [-0.25, -0.2) is 4.68 Å². The summed E-state index contributed by atoms with van der Waals surface area (Å²) in [4.78, 5) is 12.6. The molecule has 1 aromatic heterocycles. The largest absolute Gasteiger partial charge is 0.349 e. The molecule has 0 aliphatic heterocycles. The normalized spacial score (nSPS) is 14.4. The molecular weight excluding hydrogens is 404 g/mol. The van der Waals surface area contributed by atoms with Gasteiger partial charge >= 0.3 is 0 Å². The van der Waals surface area contributed by atoms with Crippen LogP contribution in [0.3, 0.4) is 0 Å². The molecule has 0 spiro atoms. The molecule has 1 aliphatic carbocycles. The van der Waals surface area contributed by atoms with E-state index >= 15 is 0 Å². The number of amides is 1. The summed E-state index contributed by atoms with van der Waals surface area (Å²) in [5.74, 6) is -0.0796. The van der Waals surface area contributed by atoms with Crippen LogP contribution in [0.4, 0.5) is 0 Å². The average molecular weight is 428 g/mol. The SMILES string of the molecule is CNC(C)CNC(=O)c1nn(-c2cccc(Br)c2)c2c1CCCC2.Cl. The second kappa shape index (κ2) is 8.83. The van der Waals surface area contributed by atoms with E-state index in [1.165, 1.54) is 5.69 Å². The summed E-state index contributed by atoms with van der Waals surface area (Å²) < 4.78 is 2.95. The Balaban J connectivity index is 0.00000225. The van der Waals surface area contributed by atoms with E-state index in [0.29, 0.717) is 12.2 Å². The summed E-state index contributed by atoms with van der Waals surface area (Å²) >= 11 is 3.51. The molecule has 2 aromatic rings. The molecule has 7 heteroatoms. The van der Waals surface area contributed by atoms with Gasteiger partial charge < -0.3 is 10.6 Å². The van der Waals surface area contributed by atoms with Crippen molar-refractivity contribution in [2.75, 3.05) is 13.6 Å². The minimum atomic E-state index is -0.0796. The van der Waals surface area contributed by atoms with Crippen LogP contribution in [0.15, 0.2) is 28.7 Å². The molecule has 1 heterocycles. The van der Waals surface area contributed by atoms with E-state index in [0.717, 1.165) is 41.4 Å². The lowest BCUT2D eigenvalue weighted by molar-refractivity contribution is 0.0944. The van der Waals surface area contributed by atoms with Crippen molar-refractivity contribution < 1.29 is 4.79 Å². The standard InChI is InChI=1S/C18H23BrN4O.ClH/c1-12(20-2)11-21-18(24)17-15-8-3-4-9-16(15)23(22-17)14-7-5-6-13(19)10-14;/h5-7,10,12,20H,3-4,8-9,11H2,1-2H3,(H,21,24);1H. The Hall–Kier alpha value is -1.37. The van der Waals surface area contributed by atoms with Crippen LogP contribution in [0, 0.1) is 0 Å². The van der Waals surface area contributed by atoms with Gasteiger partial charge in [0, 0.05) is 28.3 Å². The van der Waals surface area contributed by atoms with Gasteiger partial charge in [0.05, 0.1) is 5.69 Å². The number of nitrogens with one attached hydrogen (secondary N) is 2. The molecule has 25 heavy (non-hydrogen) atoms. The molecule has 2 N–H and O–H groups in total. The Morgan fingerprint density at radius 1 is 1.36 bits per heavy atom. The number of hydrogen-bond donors (Lipinski definition) is 2. The first-order valence-corrected chi connectivity index (χ1v) is 9.21. The zero-order valence-corrected chi connectivity index (χ0v) is 16.9. The van der Waals surface area contributed by atoms with Gasteiger partial charge in [-0.3, -0.25) is 4.79 Å². The molecule has 0 saturated carbocycles. The quantitative estimate of drug-likeness (QED) is 0.770. The maximum absolute atomic E-state index is 12.6. The monoisotopic (exact) mass is 426 g/mol. The summed E-state index contributed by atoms with van der Waals surface area (Å²) in [6.07, 6.45) is 4.15.